The number of nitrogens with one attached hydrogen (secondary N) is 1. The molecule has 0 saturated carbocycles. The third-order valence-corrected chi connectivity index (χ3v) is 7.58. The summed E-state index contributed by atoms with van der Waals surface area (Å²) in [5.41, 5.74) is 4.99. The summed E-state index contributed by atoms with van der Waals surface area (Å²) in [6.07, 6.45) is 1.69. The number of carbonyl (C=O) groups is 2. The van der Waals surface area contributed by atoms with Crippen LogP contribution in [0, 0.1) is 0 Å². The Morgan fingerprint density at radius 3 is 2.59 bits per heavy atom. The van der Waals surface area contributed by atoms with Gasteiger partial charge in [-0.05, 0) is 35.2 Å². The van der Waals surface area contributed by atoms with Crippen LogP contribution in [0.3, 0.4) is 0 Å². The first-order valence-corrected chi connectivity index (χ1v) is 13.2. The third-order valence-electron chi connectivity index (χ3n) is 6.44. The van der Waals surface area contributed by atoms with Gasteiger partial charge in [-0.15, -0.1) is 0 Å². The average Bonchev–Trinajstić information content (AvgIpc) is 3.53. The van der Waals surface area contributed by atoms with E-state index in [1.807, 2.05) is 35.3 Å². The van der Waals surface area contributed by atoms with Crippen molar-refractivity contribution in [2.45, 2.75) is 37.5 Å². The molecule has 0 fully saturated rings. The van der Waals surface area contributed by atoms with E-state index in [0.29, 0.717) is 23.0 Å². The molecule has 2 amide bonds. The van der Waals surface area contributed by atoms with Gasteiger partial charge in [0.25, 0.3) is 5.91 Å². The Kier molecular flexibility index (Phi) is 7.37. The van der Waals surface area contributed by atoms with Gasteiger partial charge in [0.1, 0.15) is 11.0 Å². The molecule has 5 rings (SSSR count). The smallest absolute Gasteiger partial charge is 0.262 e. The molecule has 0 bridgehead atoms. The summed E-state index contributed by atoms with van der Waals surface area (Å²) >= 11 is 1.30. The number of aliphatic imine (C=N–C) groups is 1. The highest BCUT2D eigenvalue weighted by molar-refractivity contribution is 8.15. The van der Waals surface area contributed by atoms with Gasteiger partial charge in [0.05, 0.1) is 18.9 Å². The molecule has 2 atom stereocenters. The van der Waals surface area contributed by atoms with E-state index >= 15 is 0 Å². The Morgan fingerprint density at radius 1 is 1.08 bits per heavy atom. The lowest BCUT2D eigenvalue weighted by molar-refractivity contribution is -0.121. The molecule has 7 nitrogen and oxygen atoms in total. The minimum Gasteiger partial charge on any atom is -0.497 e. The predicted molar refractivity (Wildman–Crippen MR) is 148 cm³/mol. The fourth-order valence-electron chi connectivity index (χ4n) is 4.41. The zero-order chi connectivity index (χ0) is 25.8. The molecule has 0 aliphatic carbocycles. The van der Waals surface area contributed by atoms with E-state index in [9.17, 15) is 9.59 Å². The van der Waals surface area contributed by atoms with Crippen molar-refractivity contribution in [2.24, 2.45) is 10.1 Å². The second kappa shape index (κ2) is 11.0. The van der Waals surface area contributed by atoms with Crippen molar-refractivity contribution < 1.29 is 14.3 Å². The number of hydrogen-bond donors (Lipinski definition) is 1. The van der Waals surface area contributed by atoms with E-state index in [1.54, 1.807) is 31.4 Å². The summed E-state index contributed by atoms with van der Waals surface area (Å²) in [7, 11) is 1.57. The van der Waals surface area contributed by atoms with Crippen molar-refractivity contribution in [3.05, 3.63) is 95.6 Å². The normalized spacial score (nSPS) is 19.0. The number of hydrogen-bond acceptors (Lipinski definition) is 6. The summed E-state index contributed by atoms with van der Waals surface area (Å²) in [5, 5.41) is 9.54. The van der Waals surface area contributed by atoms with E-state index in [1.165, 1.54) is 17.3 Å². The highest BCUT2D eigenvalue weighted by Gasteiger charge is 2.39. The molecule has 0 spiro atoms. The van der Waals surface area contributed by atoms with Crippen LogP contribution in [0.15, 0.2) is 89.0 Å². The zero-order valence-corrected chi connectivity index (χ0v) is 21.6. The molecule has 2 heterocycles. The maximum absolute atomic E-state index is 12.8. The van der Waals surface area contributed by atoms with Crippen molar-refractivity contribution in [1.82, 2.24) is 5.01 Å². The Hall–Kier alpha value is -3.91. The number of thioether (sulfide) groups is 1. The quantitative estimate of drug-likeness (QED) is 0.456. The van der Waals surface area contributed by atoms with Gasteiger partial charge in [-0.3, -0.25) is 9.59 Å². The number of rotatable bonds is 7. The fraction of sp³-hybridized carbons (Fsp3) is 0.241. The predicted octanol–water partition coefficient (Wildman–Crippen LogP) is 5.44. The van der Waals surface area contributed by atoms with E-state index in [-0.39, 0.29) is 24.3 Å². The summed E-state index contributed by atoms with van der Waals surface area (Å²) in [5.74, 6) is 0.0789. The van der Waals surface area contributed by atoms with E-state index < -0.39 is 5.25 Å². The Bertz CT molecular complexity index is 1360. The lowest BCUT2D eigenvalue weighted by Crippen LogP contribution is -2.25. The zero-order valence-electron chi connectivity index (χ0n) is 20.8. The third kappa shape index (κ3) is 5.59. The molecular formula is C29H28N4O3S. The van der Waals surface area contributed by atoms with E-state index in [4.69, 9.17) is 9.84 Å². The largest absolute Gasteiger partial charge is 0.497 e. The number of amides is 2. The number of benzene rings is 3. The number of ether oxygens (including phenoxy) is 1. The van der Waals surface area contributed by atoms with Crippen LogP contribution in [0.25, 0.3) is 0 Å². The minimum atomic E-state index is -0.597. The molecule has 1 N–H and O–H groups in total. The number of amidine groups is 1. The van der Waals surface area contributed by atoms with Crippen LogP contribution < -0.4 is 10.1 Å². The second-order valence-corrected chi connectivity index (χ2v) is 10.1. The lowest BCUT2D eigenvalue weighted by atomic mass is 9.97. The number of nitrogens with zero attached hydrogens (tertiary/aromatic N) is 3. The van der Waals surface area contributed by atoms with Gasteiger partial charge in [-0.1, -0.05) is 79.3 Å². The van der Waals surface area contributed by atoms with Crippen LogP contribution in [-0.4, -0.2) is 40.1 Å². The fourth-order valence-corrected chi connectivity index (χ4v) is 5.47. The Labute approximate surface area is 220 Å². The molecular weight excluding hydrogens is 484 g/mol. The van der Waals surface area contributed by atoms with Crippen LogP contribution in [0.5, 0.6) is 5.75 Å². The van der Waals surface area contributed by atoms with Crippen molar-refractivity contribution >= 4 is 40.1 Å². The molecule has 8 heteroatoms. The number of hydrazone groups is 1. The standard InChI is InChI=1S/C29H28N4O3S/c1-3-19-12-14-21(15-13-19)25-17-24(20-8-5-4-6-9-20)32-33(25)29-31-28(35)26(37-29)18-27(34)30-22-10-7-11-23(16-22)36-2/h4-16,25-26H,3,17-18H2,1-2H3,(H,30,34)/t25-,26-/m1/s1. The highest BCUT2D eigenvalue weighted by Crippen LogP contribution is 2.38. The van der Waals surface area contributed by atoms with Crippen LogP contribution in [-0.2, 0) is 16.0 Å². The lowest BCUT2D eigenvalue weighted by Gasteiger charge is -2.23. The molecule has 0 unspecified atom stereocenters. The monoisotopic (exact) mass is 512 g/mol. The minimum absolute atomic E-state index is 0.0205. The van der Waals surface area contributed by atoms with Crippen LogP contribution in [0.4, 0.5) is 5.69 Å². The van der Waals surface area contributed by atoms with Gasteiger partial charge in [0, 0.05) is 24.6 Å². The molecule has 0 aromatic heterocycles. The molecule has 3 aromatic rings. The number of methoxy groups -OCH3 is 1. The molecule has 2 aliphatic heterocycles. The number of anilines is 1. The van der Waals surface area contributed by atoms with Crippen molar-refractivity contribution in [3.63, 3.8) is 0 Å². The van der Waals surface area contributed by atoms with Crippen LogP contribution in [0.1, 0.15) is 42.5 Å². The first kappa shape index (κ1) is 24.8. The molecule has 0 radical (unpaired) electrons. The average molecular weight is 513 g/mol. The summed E-state index contributed by atoms with van der Waals surface area (Å²) in [6, 6.07) is 25.6. The molecule has 2 aliphatic rings. The Balaban J connectivity index is 1.33. The number of carbonyl (C=O) groups excluding carboxylic acids is 2. The molecule has 3 aromatic carbocycles. The summed E-state index contributed by atoms with van der Waals surface area (Å²) in [6.45, 7) is 2.13. The molecule has 37 heavy (non-hydrogen) atoms. The van der Waals surface area contributed by atoms with Crippen molar-refractivity contribution in [1.29, 1.82) is 0 Å². The first-order valence-electron chi connectivity index (χ1n) is 12.3. The van der Waals surface area contributed by atoms with Crippen molar-refractivity contribution in [2.75, 3.05) is 12.4 Å². The molecule has 0 saturated heterocycles. The molecule has 188 valence electrons. The first-order chi connectivity index (χ1) is 18.0. The summed E-state index contributed by atoms with van der Waals surface area (Å²) < 4.78 is 5.21. The second-order valence-electron chi connectivity index (χ2n) is 8.90. The van der Waals surface area contributed by atoms with Crippen LogP contribution >= 0.6 is 11.8 Å². The van der Waals surface area contributed by atoms with E-state index in [2.05, 4.69) is 41.5 Å². The topological polar surface area (TPSA) is 83.4 Å². The van der Waals surface area contributed by atoms with Gasteiger partial charge in [-0.2, -0.15) is 10.1 Å². The number of aryl methyl sites for hydroxylation is 1. The van der Waals surface area contributed by atoms with Gasteiger partial charge in [-0.25, -0.2) is 5.01 Å². The van der Waals surface area contributed by atoms with Gasteiger partial charge in [0.2, 0.25) is 5.91 Å². The maximum Gasteiger partial charge on any atom is 0.262 e. The van der Waals surface area contributed by atoms with Gasteiger partial charge >= 0.3 is 0 Å². The van der Waals surface area contributed by atoms with Crippen molar-refractivity contribution in [3.8, 4) is 5.75 Å². The van der Waals surface area contributed by atoms with E-state index in [0.717, 1.165) is 23.3 Å². The van der Waals surface area contributed by atoms with Gasteiger partial charge < -0.3 is 10.1 Å². The summed E-state index contributed by atoms with van der Waals surface area (Å²) in [4.78, 5) is 29.9. The highest BCUT2D eigenvalue weighted by atomic mass is 32.2. The van der Waals surface area contributed by atoms with Crippen LogP contribution in [0.2, 0.25) is 0 Å². The Morgan fingerprint density at radius 2 is 1.86 bits per heavy atom. The maximum atomic E-state index is 12.8. The SMILES string of the molecule is CCc1ccc([C@H]2CC(c3ccccc3)=NN2C2=NC(=O)[C@@H](CC(=O)Nc3cccc(OC)c3)S2)cc1. The van der Waals surface area contributed by atoms with Gasteiger partial charge in [0.15, 0.2) is 5.17 Å².